The van der Waals surface area contributed by atoms with Crippen molar-refractivity contribution < 1.29 is 28.2 Å². The number of anilines is 1. The molecule has 0 heterocycles. The zero-order valence-corrected chi connectivity index (χ0v) is 9.49. The van der Waals surface area contributed by atoms with Gasteiger partial charge in [-0.1, -0.05) is 0 Å². The van der Waals surface area contributed by atoms with Gasteiger partial charge in [0.25, 0.3) is 0 Å². The van der Waals surface area contributed by atoms with Crippen molar-refractivity contribution >= 4 is 11.7 Å². The molecule has 1 aromatic carbocycles. The molecular weight excluding hydrogens is 248 g/mol. The molecule has 18 heavy (non-hydrogen) atoms. The monoisotopic (exact) mass is 261 g/mol. The van der Waals surface area contributed by atoms with Gasteiger partial charge in [-0.3, -0.25) is 0 Å². The van der Waals surface area contributed by atoms with Crippen LogP contribution in [0.1, 0.15) is 10.4 Å². The molecule has 0 aliphatic rings. The van der Waals surface area contributed by atoms with E-state index in [1.807, 2.05) is 0 Å². The van der Waals surface area contributed by atoms with Gasteiger partial charge >= 0.3 is 5.97 Å². The molecule has 1 rings (SSSR count). The third-order valence-corrected chi connectivity index (χ3v) is 2.00. The van der Waals surface area contributed by atoms with Gasteiger partial charge in [0, 0.05) is 6.07 Å². The molecule has 0 radical (unpaired) electrons. The minimum Gasteiger partial charge on any atom is -0.460 e. The number of ether oxygens (including phenoxy) is 2. The van der Waals surface area contributed by atoms with Crippen molar-refractivity contribution in [3.8, 4) is 0 Å². The Balaban J connectivity index is 2.54. The van der Waals surface area contributed by atoms with Crippen LogP contribution in [0.2, 0.25) is 0 Å². The van der Waals surface area contributed by atoms with Gasteiger partial charge in [0.15, 0.2) is 0 Å². The van der Waals surface area contributed by atoms with Crippen molar-refractivity contribution in [3.63, 3.8) is 0 Å². The number of halogens is 2. The lowest BCUT2D eigenvalue weighted by molar-refractivity contribution is 0.0254. The Kier molecular flexibility index (Phi) is 5.47. The third kappa shape index (κ3) is 3.94. The van der Waals surface area contributed by atoms with Crippen molar-refractivity contribution in [1.29, 1.82) is 0 Å². The molecule has 0 spiro atoms. The molecule has 7 heteroatoms. The van der Waals surface area contributed by atoms with E-state index in [1.165, 1.54) is 0 Å². The van der Waals surface area contributed by atoms with Crippen LogP contribution in [-0.2, 0) is 9.47 Å². The highest BCUT2D eigenvalue weighted by Gasteiger charge is 2.16. The number of hydrogen-bond acceptors (Lipinski definition) is 5. The molecule has 1 aromatic rings. The molecule has 0 amide bonds. The average Bonchev–Trinajstić information content (AvgIpc) is 2.33. The van der Waals surface area contributed by atoms with Crippen LogP contribution < -0.4 is 5.73 Å². The second-order valence-corrected chi connectivity index (χ2v) is 3.33. The van der Waals surface area contributed by atoms with Gasteiger partial charge in [0.05, 0.1) is 31.1 Å². The fraction of sp³-hybridized carbons (Fsp3) is 0.364. The number of rotatable bonds is 6. The van der Waals surface area contributed by atoms with E-state index in [1.54, 1.807) is 0 Å². The lowest BCUT2D eigenvalue weighted by atomic mass is 10.2. The molecule has 0 bridgehead atoms. The maximum atomic E-state index is 13.3. The van der Waals surface area contributed by atoms with Gasteiger partial charge in [-0.05, 0) is 6.07 Å². The molecular formula is C11H13F2NO4. The van der Waals surface area contributed by atoms with Crippen molar-refractivity contribution in [2.24, 2.45) is 0 Å². The molecule has 0 fully saturated rings. The Morgan fingerprint density at radius 2 is 1.94 bits per heavy atom. The lowest BCUT2D eigenvalue weighted by Gasteiger charge is -2.07. The van der Waals surface area contributed by atoms with Crippen LogP contribution in [-0.4, -0.2) is 37.5 Å². The first-order valence-corrected chi connectivity index (χ1v) is 5.16. The Morgan fingerprint density at radius 1 is 1.22 bits per heavy atom. The van der Waals surface area contributed by atoms with E-state index in [0.717, 1.165) is 0 Å². The highest BCUT2D eigenvalue weighted by molar-refractivity contribution is 5.90. The average molecular weight is 261 g/mol. The van der Waals surface area contributed by atoms with Crippen molar-refractivity contribution in [2.75, 3.05) is 32.2 Å². The first-order valence-electron chi connectivity index (χ1n) is 5.16. The summed E-state index contributed by atoms with van der Waals surface area (Å²) in [6.07, 6.45) is 0. The van der Waals surface area contributed by atoms with Crippen LogP contribution >= 0.6 is 0 Å². The summed E-state index contributed by atoms with van der Waals surface area (Å²) in [5, 5.41) is 8.41. The van der Waals surface area contributed by atoms with E-state index in [-0.39, 0.29) is 32.1 Å². The summed E-state index contributed by atoms with van der Waals surface area (Å²) in [7, 11) is 0. The highest BCUT2D eigenvalue weighted by Crippen LogP contribution is 2.17. The molecule has 0 aromatic heterocycles. The van der Waals surface area contributed by atoms with Gasteiger partial charge in [-0.15, -0.1) is 0 Å². The normalized spacial score (nSPS) is 10.4. The molecule has 0 atom stereocenters. The predicted molar refractivity (Wildman–Crippen MR) is 59.0 cm³/mol. The summed E-state index contributed by atoms with van der Waals surface area (Å²) in [4.78, 5) is 11.4. The number of carbonyl (C=O) groups is 1. The van der Waals surface area contributed by atoms with Crippen LogP contribution in [0, 0.1) is 11.6 Å². The van der Waals surface area contributed by atoms with E-state index in [4.69, 9.17) is 15.6 Å². The van der Waals surface area contributed by atoms with Crippen LogP contribution in [0.25, 0.3) is 0 Å². The number of aliphatic hydroxyl groups is 1. The Morgan fingerprint density at radius 3 is 2.61 bits per heavy atom. The zero-order chi connectivity index (χ0) is 13.5. The first kappa shape index (κ1) is 14.3. The van der Waals surface area contributed by atoms with E-state index in [2.05, 4.69) is 4.74 Å². The second kappa shape index (κ2) is 6.87. The Bertz CT molecular complexity index is 426. The van der Waals surface area contributed by atoms with Gasteiger partial charge < -0.3 is 20.3 Å². The predicted octanol–water partition coefficient (Wildman–Crippen LogP) is 0.713. The van der Waals surface area contributed by atoms with Crippen molar-refractivity contribution in [1.82, 2.24) is 0 Å². The lowest BCUT2D eigenvalue weighted by Crippen LogP contribution is -2.14. The summed E-state index contributed by atoms with van der Waals surface area (Å²) in [5.74, 6) is -2.84. The molecule has 0 saturated heterocycles. The van der Waals surface area contributed by atoms with E-state index < -0.39 is 23.2 Å². The molecule has 0 saturated carbocycles. The molecule has 100 valence electrons. The largest absolute Gasteiger partial charge is 0.460 e. The Hall–Kier alpha value is -1.73. The zero-order valence-electron chi connectivity index (χ0n) is 9.49. The van der Waals surface area contributed by atoms with Gasteiger partial charge in [-0.25, -0.2) is 13.6 Å². The number of benzene rings is 1. The summed E-state index contributed by atoms with van der Waals surface area (Å²) in [5.41, 5.74) is 4.23. The molecule has 3 N–H and O–H groups in total. The summed E-state index contributed by atoms with van der Waals surface area (Å²) in [6, 6.07) is 1.40. The van der Waals surface area contributed by atoms with E-state index in [0.29, 0.717) is 12.1 Å². The molecule has 0 aliphatic carbocycles. The maximum absolute atomic E-state index is 13.3. The minimum atomic E-state index is -1.00. The van der Waals surface area contributed by atoms with Gasteiger partial charge in [0.2, 0.25) is 0 Å². The van der Waals surface area contributed by atoms with E-state index in [9.17, 15) is 13.6 Å². The van der Waals surface area contributed by atoms with Crippen LogP contribution in [0.4, 0.5) is 14.5 Å². The van der Waals surface area contributed by atoms with Gasteiger partial charge in [0.1, 0.15) is 18.2 Å². The number of nitrogen functional groups attached to an aromatic ring is 1. The third-order valence-electron chi connectivity index (χ3n) is 2.00. The minimum absolute atomic E-state index is 0.0609. The molecule has 0 aliphatic heterocycles. The highest BCUT2D eigenvalue weighted by atomic mass is 19.1. The van der Waals surface area contributed by atoms with E-state index >= 15 is 0 Å². The smallest absolute Gasteiger partial charge is 0.341 e. The fourth-order valence-electron chi connectivity index (χ4n) is 1.16. The maximum Gasteiger partial charge on any atom is 0.341 e. The topological polar surface area (TPSA) is 81.8 Å². The number of nitrogens with two attached hydrogens (primary N) is 1. The molecule has 0 unspecified atom stereocenters. The second-order valence-electron chi connectivity index (χ2n) is 3.33. The van der Waals surface area contributed by atoms with Crippen molar-refractivity contribution in [2.45, 2.75) is 0 Å². The SMILES string of the molecule is Nc1cc(F)c(C(=O)OCCOCCO)cc1F. The first-order chi connectivity index (χ1) is 8.56. The molecule has 5 nitrogen and oxygen atoms in total. The van der Waals surface area contributed by atoms with Crippen LogP contribution in [0.3, 0.4) is 0 Å². The number of aliphatic hydroxyl groups excluding tert-OH is 1. The number of carbonyl (C=O) groups excluding carboxylic acids is 1. The van der Waals surface area contributed by atoms with Gasteiger partial charge in [-0.2, -0.15) is 0 Å². The standard InChI is InChI=1S/C11H13F2NO4/c12-8-6-10(14)9(13)5-7(8)11(16)18-4-3-17-2-1-15/h5-6,15H,1-4,14H2. The summed E-state index contributed by atoms with van der Waals surface area (Å²) >= 11 is 0. The Labute approximate surface area is 102 Å². The fourth-order valence-corrected chi connectivity index (χ4v) is 1.16. The quantitative estimate of drug-likeness (QED) is 0.448. The summed E-state index contributed by atoms with van der Waals surface area (Å²) in [6.45, 7) is -0.0935. The van der Waals surface area contributed by atoms with Crippen molar-refractivity contribution in [3.05, 3.63) is 29.3 Å². The summed E-state index contributed by atoms with van der Waals surface area (Å²) < 4.78 is 35.8. The number of esters is 1. The number of hydrogen-bond donors (Lipinski definition) is 2. The van der Waals surface area contributed by atoms with Crippen LogP contribution in [0.15, 0.2) is 12.1 Å². The van der Waals surface area contributed by atoms with Crippen LogP contribution in [0.5, 0.6) is 0 Å².